The van der Waals surface area contributed by atoms with Gasteiger partial charge in [-0.2, -0.15) is 0 Å². The quantitative estimate of drug-likeness (QED) is 0.293. The van der Waals surface area contributed by atoms with Crippen LogP contribution in [0, 0.1) is 0 Å². The highest BCUT2D eigenvalue weighted by Gasteiger charge is 2.08. The molecule has 0 heterocycles. The number of hydrogen-bond donors (Lipinski definition) is 0. The Balaban J connectivity index is 1.49. The molecule has 142 valence electrons. The summed E-state index contributed by atoms with van der Waals surface area (Å²) in [7, 11) is 0. The molecule has 30 heavy (non-hydrogen) atoms. The van der Waals surface area contributed by atoms with Crippen molar-refractivity contribution in [2.45, 2.75) is 0 Å². The van der Waals surface area contributed by atoms with Gasteiger partial charge in [0, 0.05) is 0 Å². The zero-order valence-electron chi connectivity index (χ0n) is 16.7. The van der Waals surface area contributed by atoms with Crippen LogP contribution in [0.1, 0.15) is 0 Å². The van der Waals surface area contributed by atoms with Gasteiger partial charge in [-0.15, -0.1) is 0 Å². The van der Waals surface area contributed by atoms with Crippen molar-refractivity contribution < 1.29 is 0 Å². The first-order valence-electron chi connectivity index (χ1n) is 10.3. The molecule has 0 aromatic heterocycles. The third kappa shape index (κ3) is 3.68. The second-order valence-corrected chi connectivity index (χ2v) is 7.43. The first kappa shape index (κ1) is 18.1. The monoisotopic (exact) mass is 382 g/mol. The number of rotatable bonds is 4. The highest BCUT2D eigenvalue weighted by molar-refractivity contribution is 5.85. The molecule has 0 fully saturated rings. The SMILES string of the molecule is c1ccc(-c2ccc(-c3ccccc3-c3ccc(-c4ccccc4)cc3)cc2)cc1. The molecule has 0 saturated heterocycles. The van der Waals surface area contributed by atoms with Crippen molar-refractivity contribution in [3.05, 3.63) is 133 Å². The molecule has 5 aromatic rings. The van der Waals surface area contributed by atoms with Crippen LogP contribution in [0.15, 0.2) is 133 Å². The van der Waals surface area contributed by atoms with Gasteiger partial charge in [0.1, 0.15) is 0 Å². The van der Waals surface area contributed by atoms with Crippen LogP contribution in [0.5, 0.6) is 0 Å². The molecule has 0 saturated carbocycles. The van der Waals surface area contributed by atoms with Gasteiger partial charge in [-0.1, -0.05) is 133 Å². The zero-order valence-corrected chi connectivity index (χ0v) is 16.7. The Morgan fingerprint density at radius 1 is 0.200 bits per heavy atom. The second-order valence-electron chi connectivity index (χ2n) is 7.43. The predicted octanol–water partition coefficient (Wildman–Crippen LogP) is 8.35. The molecule has 0 spiro atoms. The fourth-order valence-corrected chi connectivity index (χ4v) is 3.93. The van der Waals surface area contributed by atoms with Crippen LogP contribution >= 0.6 is 0 Å². The molecule has 0 amide bonds. The summed E-state index contributed by atoms with van der Waals surface area (Å²) in [5, 5.41) is 0. The van der Waals surface area contributed by atoms with Crippen molar-refractivity contribution >= 4 is 0 Å². The van der Waals surface area contributed by atoms with Gasteiger partial charge in [0.15, 0.2) is 0 Å². The summed E-state index contributed by atoms with van der Waals surface area (Å²) in [6, 6.07) is 47.4. The topological polar surface area (TPSA) is 0 Å². The fraction of sp³-hybridized carbons (Fsp3) is 0. The van der Waals surface area contributed by atoms with Crippen LogP contribution in [-0.4, -0.2) is 0 Å². The summed E-state index contributed by atoms with van der Waals surface area (Å²) in [4.78, 5) is 0. The summed E-state index contributed by atoms with van der Waals surface area (Å²) in [6.45, 7) is 0. The maximum atomic E-state index is 2.22. The van der Waals surface area contributed by atoms with Gasteiger partial charge in [-0.3, -0.25) is 0 Å². The van der Waals surface area contributed by atoms with Crippen molar-refractivity contribution in [1.29, 1.82) is 0 Å². The van der Waals surface area contributed by atoms with Crippen LogP contribution < -0.4 is 0 Å². The molecule has 0 aliphatic carbocycles. The van der Waals surface area contributed by atoms with Crippen LogP contribution in [0.3, 0.4) is 0 Å². The number of hydrogen-bond acceptors (Lipinski definition) is 0. The Labute approximate surface area is 178 Å². The molecule has 0 aliphatic rings. The van der Waals surface area contributed by atoms with E-state index in [4.69, 9.17) is 0 Å². The molecule has 0 radical (unpaired) electrons. The van der Waals surface area contributed by atoms with Crippen molar-refractivity contribution in [2.75, 3.05) is 0 Å². The van der Waals surface area contributed by atoms with E-state index in [1.807, 2.05) is 0 Å². The molecule has 5 aromatic carbocycles. The van der Waals surface area contributed by atoms with Gasteiger partial charge in [0.25, 0.3) is 0 Å². The zero-order chi connectivity index (χ0) is 20.2. The van der Waals surface area contributed by atoms with Gasteiger partial charge >= 0.3 is 0 Å². The maximum Gasteiger partial charge on any atom is -0.0105 e. The van der Waals surface area contributed by atoms with E-state index in [-0.39, 0.29) is 0 Å². The highest BCUT2D eigenvalue weighted by atomic mass is 14.1. The molecule has 0 N–H and O–H groups in total. The van der Waals surface area contributed by atoms with Crippen LogP contribution in [0.25, 0.3) is 44.5 Å². The van der Waals surface area contributed by atoms with Crippen LogP contribution in [0.4, 0.5) is 0 Å². The third-order valence-electron chi connectivity index (χ3n) is 5.53. The molecule has 0 aliphatic heterocycles. The molecule has 0 unspecified atom stereocenters. The molecule has 0 bridgehead atoms. The minimum Gasteiger partial charge on any atom is -0.0622 e. The van der Waals surface area contributed by atoms with E-state index in [0.29, 0.717) is 0 Å². The lowest BCUT2D eigenvalue weighted by Crippen LogP contribution is -1.86. The Morgan fingerprint density at radius 2 is 0.467 bits per heavy atom. The van der Waals surface area contributed by atoms with Gasteiger partial charge in [-0.25, -0.2) is 0 Å². The van der Waals surface area contributed by atoms with Gasteiger partial charge < -0.3 is 0 Å². The van der Waals surface area contributed by atoms with Gasteiger partial charge in [-0.05, 0) is 44.5 Å². The van der Waals surface area contributed by atoms with E-state index in [0.717, 1.165) is 0 Å². The Kier molecular flexibility index (Phi) is 4.98. The lowest BCUT2D eigenvalue weighted by atomic mass is 9.92. The summed E-state index contributed by atoms with van der Waals surface area (Å²) in [5.74, 6) is 0. The van der Waals surface area contributed by atoms with Crippen molar-refractivity contribution in [1.82, 2.24) is 0 Å². The summed E-state index contributed by atoms with van der Waals surface area (Å²) < 4.78 is 0. The summed E-state index contributed by atoms with van der Waals surface area (Å²) >= 11 is 0. The Morgan fingerprint density at radius 3 is 0.833 bits per heavy atom. The van der Waals surface area contributed by atoms with E-state index in [1.54, 1.807) is 0 Å². The van der Waals surface area contributed by atoms with Crippen molar-refractivity contribution in [3.8, 4) is 44.5 Å². The molecule has 0 atom stereocenters. The highest BCUT2D eigenvalue weighted by Crippen LogP contribution is 2.34. The summed E-state index contributed by atoms with van der Waals surface area (Å²) in [5.41, 5.74) is 9.94. The smallest absolute Gasteiger partial charge is 0.0105 e. The minimum atomic E-state index is 1.23. The van der Waals surface area contributed by atoms with Crippen molar-refractivity contribution in [2.24, 2.45) is 0 Å². The second kappa shape index (κ2) is 8.23. The lowest BCUT2D eigenvalue weighted by Gasteiger charge is -2.12. The molecule has 0 heteroatoms. The third-order valence-corrected chi connectivity index (χ3v) is 5.53. The standard InChI is InChI=1S/C30H22/c1-3-9-23(10-4-1)25-15-19-27(20-16-25)29-13-7-8-14-30(29)28-21-17-26(18-22-28)24-11-5-2-6-12-24/h1-22H. The maximum absolute atomic E-state index is 2.22. The van der Waals surface area contributed by atoms with E-state index in [1.165, 1.54) is 44.5 Å². The molecular formula is C30H22. The van der Waals surface area contributed by atoms with E-state index < -0.39 is 0 Å². The van der Waals surface area contributed by atoms with E-state index in [9.17, 15) is 0 Å². The van der Waals surface area contributed by atoms with Gasteiger partial charge in [0.2, 0.25) is 0 Å². The predicted molar refractivity (Wildman–Crippen MR) is 128 cm³/mol. The molecular weight excluding hydrogens is 360 g/mol. The van der Waals surface area contributed by atoms with E-state index >= 15 is 0 Å². The first-order valence-corrected chi connectivity index (χ1v) is 10.3. The average molecular weight is 383 g/mol. The van der Waals surface area contributed by atoms with Crippen LogP contribution in [0.2, 0.25) is 0 Å². The normalized spacial score (nSPS) is 10.7. The Hall–Kier alpha value is -3.90. The lowest BCUT2D eigenvalue weighted by molar-refractivity contribution is 1.56. The largest absolute Gasteiger partial charge is 0.0622 e. The Bertz CT molecular complexity index is 1130. The van der Waals surface area contributed by atoms with Crippen molar-refractivity contribution in [3.63, 3.8) is 0 Å². The average Bonchev–Trinajstić information content (AvgIpc) is 2.85. The van der Waals surface area contributed by atoms with E-state index in [2.05, 4.69) is 133 Å². The minimum absolute atomic E-state index is 1.23. The molecule has 0 nitrogen and oxygen atoms in total. The summed E-state index contributed by atoms with van der Waals surface area (Å²) in [6.07, 6.45) is 0. The van der Waals surface area contributed by atoms with Gasteiger partial charge in [0.05, 0.1) is 0 Å². The van der Waals surface area contributed by atoms with Crippen LogP contribution in [-0.2, 0) is 0 Å². The molecule has 5 rings (SSSR count). The fourth-order valence-electron chi connectivity index (χ4n) is 3.93. The first-order chi connectivity index (χ1) is 14.9. The number of benzene rings is 5.